The fourth-order valence-electron chi connectivity index (χ4n) is 2.36. The second-order valence-electron chi connectivity index (χ2n) is 4.92. The van der Waals surface area contributed by atoms with Crippen molar-refractivity contribution in [3.05, 3.63) is 41.2 Å². The van der Waals surface area contributed by atoms with Crippen LogP contribution in [0.3, 0.4) is 0 Å². The van der Waals surface area contributed by atoms with E-state index in [2.05, 4.69) is 53.6 Å². The Morgan fingerprint density at radius 3 is 2.95 bits per heavy atom. The molecule has 4 nitrogen and oxygen atoms in total. The van der Waals surface area contributed by atoms with Crippen molar-refractivity contribution in [2.75, 3.05) is 5.32 Å². The Bertz CT molecular complexity index is 741. The van der Waals surface area contributed by atoms with Gasteiger partial charge >= 0.3 is 0 Å². The van der Waals surface area contributed by atoms with Gasteiger partial charge in [0.05, 0.1) is 15.9 Å². The number of nitrogens with one attached hydrogen (secondary N) is 1. The van der Waals surface area contributed by atoms with Gasteiger partial charge in [0.2, 0.25) is 0 Å². The molecule has 2 aromatic heterocycles. The van der Waals surface area contributed by atoms with Gasteiger partial charge in [-0.05, 0) is 25.0 Å². The highest BCUT2D eigenvalue weighted by atomic mass is 32.1. The molecular weight excluding hydrogens is 268 g/mol. The van der Waals surface area contributed by atoms with Crippen molar-refractivity contribution < 1.29 is 0 Å². The summed E-state index contributed by atoms with van der Waals surface area (Å²) < 4.78 is 3.10. The van der Waals surface area contributed by atoms with Crippen LogP contribution in [0.5, 0.6) is 0 Å². The summed E-state index contributed by atoms with van der Waals surface area (Å²) >= 11 is 1.70. The summed E-state index contributed by atoms with van der Waals surface area (Å²) in [7, 11) is 1.96. The largest absolute Gasteiger partial charge is 0.357 e. The number of aromatic nitrogens is 3. The van der Waals surface area contributed by atoms with Crippen LogP contribution in [0.2, 0.25) is 0 Å². The average Bonchev–Trinajstić information content (AvgIpc) is 3.00. The molecule has 3 rings (SSSR count). The van der Waals surface area contributed by atoms with Gasteiger partial charge in [-0.1, -0.05) is 30.4 Å². The number of para-hydroxylation sites is 1. The fraction of sp³-hybridized carbons (Fsp3) is 0.333. The smallest absolute Gasteiger partial charge is 0.184 e. The lowest BCUT2D eigenvalue weighted by Gasteiger charge is -2.01. The maximum Gasteiger partial charge on any atom is 0.184 e. The van der Waals surface area contributed by atoms with E-state index in [1.54, 1.807) is 11.3 Å². The van der Waals surface area contributed by atoms with Crippen LogP contribution < -0.4 is 5.32 Å². The number of aryl methyl sites for hydroxylation is 3. The summed E-state index contributed by atoms with van der Waals surface area (Å²) in [6, 6.07) is 6.30. The topological polar surface area (TPSA) is 42.7 Å². The van der Waals surface area contributed by atoms with Crippen molar-refractivity contribution in [1.82, 2.24) is 14.8 Å². The van der Waals surface area contributed by atoms with E-state index in [-0.39, 0.29) is 0 Å². The predicted molar refractivity (Wildman–Crippen MR) is 84.3 cm³/mol. The van der Waals surface area contributed by atoms with Crippen molar-refractivity contribution in [1.29, 1.82) is 0 Å². The summed E-state index contributed by atoms with van der Waals surface area (Å²) in [6.45, 7) is 5.00. The third kappa shape index (κ3) is 2.41. The minimum Gasteiger partial charge on any atom is -0.357 e. The Morgan fingerprint density at radius 2 is 2.20 bits per heavy atom. The highest BCUT2D eigenvalue weighted by Crippen LogP contribution is 2.28. The van der Waals surface area contributed by atoms with Crippen LogP contribution in [0, 0.1) is 6.92 Å². The molecule has 5 heteroatoms. The number of hydrogen-bond donors (Lipinski definition) is 1. The Morgan fingerprint density at radius 1 is 1.35 bits per heavy atom. The first kappa shape index (κ1) is 13.1. The maximum atomic E-state index is 4.67. The van der Waals surface area contributed by atoms with Crippen molar-refractivity contribution in [2.24, 2.45) is 7.05 Å². The quantitative estimate of drug-likeness (QED) is 0.798. The zero-order valence-electron chi connectivity index (χ0n) is 12.0. The van der Waals surface area contributed by atoms with E-state index in [0.717, 1.165) is 29.3 Å². The van der Waals surface area contributed by atoms with Gasteiger partial charge < -0.3 is 5.32 Å². The first-order chi connectivity index (χ1) is 9.67. The van der Waals surface area contributed by atoms with Crippen LogP contribution in [0.1, 0.15) is 23.7 Å². The molecule has 104 valence electrons. The first-order valence-corrected chi connectivity index (χ1v) is 7.60. The molecule has 1 N–H and O–H groups in total. The molecule has 0 unspecified atom stereocenters. The highest BCUT2D eigenvalue weighted by molar-refractivity contribution is 7.22. The number of benzene rings is 1. The van der Waals surface area contributed by atoms with Crippen LogP contribution in [0.15, 0.2) is 24.4 Å². The molecule has 0 bridgehead atoms. The molecule has 20 heavy (non-hydrogen) atoms. The summed E-state index contributed by atoms with van der Waals surface area (Å²) in [4.78, 5) is 4.67. The maximum absolute atomic E-state index is 4.67. The van der Waals surface area contributed by atoms with E-state index in [1.807, 2.05) is 11.7 Å². The minimum atomic E-state index is 0.774. The molecule has 0 aliphatic rings. The lowest BCUT2D eigenvalue weighted by Crippen LogP contribution is -2.00. The van der Waals surface area contributed by atoms with E-state index in [9.17, 15) is 0 Å². The Hall–Kier alpha value is -1.88. The molecule has 3 aromatic rings. The van der Waals surface area contributed by atoms with E-state index in [0.29, 0.717) is 0 Å². The van der Waals surface area contributed by atoms with Gasteiger partial charge in [-0.3, -0.25) is 4.68 Å². The third-order valence-corrected chi connectivity index (χ3v) is 4.36. The van der Waals surface area contributed by atoms with Gasteiger partial charge in [-0.2, -0.15) is 5.10 Å². The van der Waals surface area contributed by atoms with Crippen LogP contribution >= 0.6 is 11.3 Å². The van der Waals surface area contributed by atoms with Gasteiger partial charge in [0.1, 0.15) is 0 Å². The number of nitrogens with zero attached hydrogens (tertiary/aromatic N) is 3. The van der Waals surface area contributed by atoms with Crippen LogP contribution in [-0.2, 0) is 20.0 Å². The van der Waals surface area contributed by atoms with Gasteiger partial charge in [-0.15, -0.1) is 0 Å². The Kier molecular flexibility index (Phi) is 3.44. The molecule has 0 amide bonds. The number of hydrogen-bond acceptors (Lipinski definition) is 4. The van der Waals surface area contributed by atoms with Crippen molar-refractivity contribution >= 4 is 26.7 Å². The zero-order chi connectivity index (χ0) is 14.1. The molecule has 0 saturated carbocycles. The lowest BCUT2D eigenvalue weighted by molar-refractivity contribution is 0.746. The molecule has 0 atom stereocenters. The molecular formula is C15H18N4S. The summed E-state index contributed by atoms with van der Waals surface area (Å²) in [5.41, 5.74) is 4.72. The Labute approximate surface area is 122 Å². The molecule has 0 fully saturated rings. The van der Waals surface area contributed by atoms with Crippen molar-refractivity contribution in [3.63, 3.8) is 0 Å². The Balaban J connectivity index is 1.81. The fourth-order valence-corrected chi connectivity index (χ4v) is 3.30. The molecule has 0 radical (unpaired) electrons. The molecule has 2 heterocycles. The molecule has 0 saturated heterocycles. The average molecular weight is 286 g/mol. The normalized spacial score (nSPS) is 11.2. The standard InChI is InChI=1S/C15H18N4S/c1-4-12-11(9-19(3)18-12)8-16-15-17-14-10(2)6-5-7-13(14)20-15/h5-7,9H,4,8H2,1-3H3,(H,16,17). The van der Waals surface area contributed by atoms with Crippen molar-refractivity contribution in [2.45, 2.75) is 26.8 Å². The molecule has 1 aromatic carbocycles. The highest BCUT2D eigenvalue weighted by Gasteiger charge is 2.08. The van der Waals surface area contributed by atoms with Gasteiger partial charge in [0, 0.05) is 25.4 Å². The zero-order valence-corrected chi connectivity index (χ0v) is 12.8. The molecule has 0 spiro atoms. The number of thiazole rings is 1. The third-order valence-electron chi connectivity index (χ3n) is 3.38. The molecule has 0 aliphatic heterocycles. The number of rotatable bonds is 4. The van der Waals surface area contributed by atoms with E-state index >= 15 is 0 Å². The van der Waals surface area contributed by atoms with Crippen LogP contribution in [0.4, 0.5) is 5.13 Å². The van der Waals surface area contributed by atoms with Crippen LogP contribution in [0.25, 0.3) is 10.2 Å². The van der Waals surface area contributed by atoms with Gasteiger partial charge in [-0.25, -0.2) is 4.98 Å². The summed E-state index contributed by atoms with van der Waals surface area (Å²) in [5, 5.41) is 8.85. The summed E-state index contributed by atoms with van der Waals surface area (Å²) in [6.07, 6.45) is 3.03. The van der Waals surface area contributed by atoms with E-state index in [4.69, 9.17) is 0 Å². The van der Waals surface area contributed by atoms with Crippen molar-refractivity contribution in [3.8, 4) is 0 Å². The predicted octanol–water partition coefficient (Wildman–Crippen LogP) is 3.51. The number of anilines is 1. The van der Waals surface area contributed by atoms with Gasteiger partial charge in [0.25, 0.3) is 0 Å². The van der Waals surface area contributed by atoms with E-state index < -0.39 is 0 Å². The monoisotopic (exact) mass is 286 g/mol. The summed E-state index contributed by atoms with van der Waals surface area (Å²) in [5.74, 6) is 0. The lowest BCUT2D eigenvalue weighted by atomic mass is 10.2. The van der Waals surface area contributed by atoms with Crippen LogP contribution in [-0.4, -0.2) is 14.8 Å². The minimum absolute atomic E-state index is 0.774. The number of fused-ring (bicyclic) bond motifs is 1. The second kappa shape index (κ2) is 5.25. The first-order valence-electron chi connectivity index (χ1n) is 6.78. The van der Waals surface area contributed by atoms with Gasteiger partial charge in [0.15, 0.2) is 5.13 Å². The second-order valence-corrected chi connectivity index (χ2v) is 5.95. The van der Waals surface area contributed by atoms with E-state index in [1.165, 1.54) is 15.8 Å². The molecule has 0 aliphatic carbocycles. The SMILES string of the molecule is CCc1nn(C)cc1CNc1nc2c(C)cccc2s1.